The fraction of sp³-hybridized carbons (Fsp3) is 0.105. The van der Waals surface area contributed by atoms with E-state index in [1.54, 1.807) is 0 Å². The van der Waals surface area contributed by atoms with Gasteiger partial charge in [0.2, 0.25) is 0 Å². The summed E-state index contributed by atoms with van der Waals surface area (Å²) < 4.78 is 0. The molecule has 0 radical (unpaired) electrons. The number of benzene rings is 2. The van der Waals surface area contributed by atoms with Crippen molar-refractivity contribution < 1.29 is 0 Å². The van der Waals surface area contributed by atoms with Crippen molar-refractivity contribution in [2.75, 3.05) is 19.0 Å². The van der Waals surface area contributed by atoms with Gasteiger partial charge in [0, 0.05) is 26.0 Å². The molecule has 2 aromatic carbocycles. The van der Waals surface area contributed by atoms with Crippen LogP contribution in [0.3, 0.4) is 0 Å². The smallest absolute Gasteiger partial charge is 0.0629 e. The first-order valence-electron chi connectivity index (χ1n) is 7.03. The van der Waals surface area contributed by atoms with Crippen LogP contribution in [0.15, 0.2) is 60.8 Å². The number of rotatable bonds is 3. The first-order chi connectivity index (χ1) is 10.2. The number of fused-ring (bicyclic) bond motifs is 1. The maximum Gasteiger partial charge on any atom is 0.0629 e. The highest BCUT2D eigenvalue weighted by atomic mass is 15.1. The summed E-state index contributed by atoms with van der Waals surface area (Å²) in [6.45, 7) is 0. The molecule has 3 aromatic rings. The quantitative estimate of drug-likeness (QED) is 0.700. The molecule has 1 aromatic heterocycles. The number of pyridine rings is 1. The van der Waals surface area contributed by atoms with E-state index < -0.39 is 0 Å². The van der Waals surface area contributed by atoms with Gasteiger partial charge in [-0.15, -0.1) is 0 Å². The van der Waals surface area contributed by atoms with Gasteiger partial charge >= 0.3 is 0 Å². The van der Waals surface area contributed by atoms with E-state index in [9.17, 15) is 0 Å². The van der Waals surface area contributed by atoms with E-state index in [1.165, 1.54) is 22.0 Å². The number of anilines is 1. The first-order valence-corrected chi connectivity index (χ1v) is 7.03. The van der Waals surface area contributed by atoms with Crippen LogP contribution in [0.2, 0.25) is 0 Å². The summed E-state index contributed by atoms with van der Waals surface area (Å²) in [6.07, 6.45) is 5.94. The highest BCUT2D eigenvalue weighted by Crippen LogP contribution is 2.22. The van der Waals surface area contributed by atoms with E-state index in [0.717, 1.165) is 5.69 Å². The average molecular weight is 274 g/mol. The molecule has 0 amide bonds. The Morgan fingerprint density at radius 2 is 1.67 bits per heavy atom. The third-order valence-electron chi connectivity index (χ3n) is 3.50. The van der Waals surface area contributed by atoms with Crippen LogP contribution in [-0.2, 0) is 0 Å². The Labute approximate surface area is 125 Å². The largest absolute Gasteiger partial charge is 0.378 e. The molecule has 104 valence electrons. The van der Waals surface area contributed by atoms with Crippen molar-refractivity contribution >= 4 is 28.6 Å². The maximum atomic E-state index is 4.29. The highest BCUT2D eigenvalue weighted by Gasteiger charge is 1.99. The van der Waals surface area contributed by atoms with E-state index in [4.69, 9.17) is 0 Å². The number of nitrogens with zero attached hydrogens (tertiary/aromatic N) is 2. The predicted octanol–water partition coefficient (Wildman–Crippen LogP) is 4.47. The van der Waals surface area contributed by atoms with Gasteiger partial charge in [0.05, 0.1) is 5.69 Å². The molecule has 0 bridgehead atoms. The molecule has 0 unspecified atom stereocenters. The molecule has 0 aliphatic rings. The molecule has 0 saturated carbocycles. The molecule has 0 spiro atoms. The molecular weight excluding hydrogens is 256 g/mol. The molecule has 0 aliphatic carbocycles. The minimum atomic E-state index is 0.973. The van der Waals surface area contributed by atoms with Gasteiger partial charge in [-0.05, 0) is 52.7 Å². The molecule has 0 saturated heterocycles. The minimum Gasteiger partial charge on any atom is -0.378 e. The lowest BCUT2D eigenvalue weighted by molar-refractivity contribution is 1.14. The van der Waals surface area contributed by atoms with Gasteiger partial charge in [-0.2, -0.15) is 0 Å². The highest BCUT2D eigenvalue weighted by molar-refractivity contribution is 5.88. The summed E-state index contributed by atoms with van der Waals surface area (Å²) >= 11 is 0. The number of hydrogen-bond acceptors (Lipinski definition) is 2. The number of hydrogen-bond donors (Lipinski definition) is 0. The topological polar surface area (TPSA) is 16.1 Å². The van der Waals surface area contributed by atoms with Crippen molar-refractivity contribution in [2.45, 2.75) is 0 Å². The molecular formula is C19H18N2. The summed E-state index contributed by atoms with van der Waals surface area (Å²) in [7, 11) is 4.12. The SMILES string of the molecule is CN(C)c1ccc2cc(/C=C/c3ccccn3)ccc2c1. The monoisotopic (exact) mass is 274 g/mol. The Kier molecular flexibility index (Phi) is 3.69. The normalized spacial score (nSPS) is 11.1. The van der Waals surface area contributed by atoms with Crippen LogP contribution in [0, 0.1) is 0 Å². The molecule has 21 heavy (non-hydrogen) atoms. The number of aromatic nitrogens is 1. The van der Waals surface area contributed by atoms with Crippen molar-refractivity contribution in [3.05, 3.63) is 72.1 Å². The van der Waals surface area contributed by atoms with Crippen molar-refractivity contribution in [3.63, 3.8) is 0 Å². The molecule has 2 heteroatoms. The first kappa shape index (κ1) is 13.4. The summed E-state index contributed by atoms with van der Waals surface area (Å²) in [6, 6.07) is 19.0. The summed E-state index contributed by atoms with van der Waals surface area (Å²) in [5.41, 5.74) is 3.38. The van der Waals surface area contributed by atoms with Crippen LogP contribution >= 0.6 is 0 Å². The van der Waals surface area contributed by atoms with Crippen molar-refractivity contribution in [3.8, 4) is 0 Å². The van der Waals surface area contributed by atoms with Gasteiger partial charge in [-0.1, -0.05) is 30.3 Å². The van der Waals surface area contributed by atoms with Gasteiger partial charge in [-0.25, -0.2) is 0 Å². The molecule has 0 fully saturated rings. The zero-order valence-electron chi connectivity index (χ0n) is 12.3. The molecule has 0 atom stereocenters. The molecule has 3 rings (SSSR count). The second-order valence-corrected chi connectivity index (χ2v) is 5.27. The van der Waals surface area contributed by atoms with Gasteiger partial charge < -0.3 is 4.90 Å². The third-order valence-corrected chi connectivity index (χ3v) is 3.50. The Bertz CT molecular complexity index is 774. The molecule has 1 heterocycles. The van der Waals surface area contributed by atoms with E-state index in [1.807, 2.05) is 30.5 Å². The standard InChI is InChI=1S/C19H18N2/c1-21(2)19-11-9-16-13-15(6-8-17(16)14-19)7-10-18-5-3-4-12-20-18/h3-14H,1-2H3/b10-7+. The Balaban J connectivity index is 1.91. The lowest BCUT2D eigenvalue weighted by atomic mass is 10.1. The maximum absolute atomic E-state index is 4.29. The summed E-state index contributed by atoms with van der Waals surface area (Å²) in [5.74, 6) is 0. The molecule has 0 N–H and O–H groups in total. The molecule has 2 nitrogen and oxygen atoms in total. The van der Waals surface area contributed by atoms with Crippen LogP contribution in [0.25, 0.3) is 22.9 Å². The Morgan fingerprint density at radius 3 is 2.43 bits per heavy atom. The second-order valence-electron chi connectivity index (χ2n) is 5.27. The second kappa shape index (κ2) is 5.80. The fourth-order valence-electron chi connectivity index (χ4n) is 2.29. The predicted molar refractivity (Wildman–Crippen MR) is 91.4 cm³/mol. The molecule has 0 aliphatic heterocycles. The van der Waals surface area contributed by atoms with Gasteiger partial charge in [0.15, 0.2) is 0 Å². The van der Waals surface area contributed by atoms with Gasteiger partial charge in [0.25, 0.3) is 0 Å². The van der Waals surface area contributed by atoms with Crippen molar-refractivity contribution in [2.24, 2.45) is 0 Å². The lowest BCUT2D eigenvalue weighted by Gasteiger charge is -2.13. The van der Waals surface area contributed by atoms with Crippen LogP contribution < -0.4 is 4.90 Å². The van der Waals surface area contributed by atoms with Crippen molar-refractivity contribution in [1.29, 1.82) is 0 Å². The third kappa shape index (κ3) is 3.11. The Morgan fingerprint density at radius 1 is 0.857 bits per heavy atom. The van der Waals surface area contributed by atoms with E-state index in [-0.39, 0.29) is 0 Å². The van der Waals surface area contributed by atoms with Crippen LogP contribution in [-0.4, -0.2) is 19.1 Å². The van der Waals surface area contributed by atoms with Crippen LogP contribution in [0.5, 0.6) is 0 Å². The van der Waals surface area contributed by atoms with Crippen LogP contribution in [0.1, 0.15) is 11.3 Å². The van der Waals surface area contributed by atoms with Crippen LogP contribution in [0.4, 0.5) is 5.69 Å². The summed E-state index contributed by atoms with van der Waals surface area (Å²) in [4.78, 5) is 6.41. The fourth-order valence-corrected chi connectivity index (χ4v) is 2.29. The zero-order chi connectivity index (χ0) is 14.7. The van der Waals surface area contributed by atoms with E-state index >= 15 is 0 Å². The minimum absolute atomic E-state index is 0.973. The Hall–Kier alpha value is -2.61. The van der Waals surface area contributed by atoms with E-state index in [0.29, 0.717) is 0 Å². The lowest BCUT2D eigenvalue weighted by Crippen LogP contribution is -2.07. The van der Waals surface area contributed by atoms with E-state index in [2.05, 4.69) is 66.5 Å². The zero-order valence-corrected chi connectivity index (χ0v) is 12.3. The average Bonchev–Trinajstić information content (AvgIpc) is 2.53. The van der Waals surface area contributed by atoms with Gasteiger partial charge in [-0.3, -0.25) is 4.98 Å². The summed E-state index contributed by atoms with van der Waals surface area (Å²) in [5, 5.41) is 2.51. The van der Waals surface area contributed by atoms with Crippen molar-refractivity contribution in [1.82, 2.24) is 4.98 Å². The van der Waals surface area contributed by atoms with Gasteiger partial charge in [0.1, 0.15) is 0 Å².